The Morgan fingerprint density at radius 2 is 1.67 bits per heavy atom. The predicted octanol–water partition coefficient (Wildman–Crippen LogP) is 3.10. The first-order valence-corrected chi connectivity index (χ1v) is 9.51. The highest BCUT2D eigenvalue weighted by Crippen LogP contribution is 2.19. The van der Waals surface area contributed by atoms with Crippen LogP contribution in [0.5, 0.6) is 0 Å². The molecule has 0 heterocycles. The molecule has 0 spiro atoms. The van der Waals surface area contributed by atoms with E-state index in [4.69, 9.17) is 0 Å². The molecule has 0 unspecified atom stereocenters. The van der Waals surface area contributed by atoms with Gasteiger partial charge in [-0.3, -0.25) is 9.10 Å². The van der Waals surface area contributed by atoms with E-state index in [0.29, 0.717) is 11.4 Å². The van der Waals surface area contributed by atoms with Crippen molar-refractivity contribution in [2.24, 2.45) is 0 Å². The van der Waals surface area contributed by atoms with Crippen LogP contribution in [-0.2, 0) is 14.8 Å². The molecule has 0 atom stereocenters. The van der Waals surface area contributed by atoms with Crippen LogP contribution in [-0.4, -0.2) is 27.1 Å². The first kappa shape index (κ1) is 18.0. The second-order valence-electron chi connectivity index (χ2n) is 5.84. The van der Waals surface area contributed by atoms with Gasteiger partial charge in [-0.15, -0.1) is 0 Å². The summed E-state index contributed by atoms with van der Waals surface area (Å²) in [6, 6.07) is 14.7. The topological polar surface area (TPSA) is 66.5 Å². The van der Waals surface area contributed by atoms with Crippen molar-refractivity contribution in [3.8, 4) is 0 Å². The first-order chi connectivity index (χ1) is 11.3. The number of anilines is 2. The first-order valence-electron chi connectivity index (χ1n) is 7.66. The third kappa shape index (κ3) is 5.09. The summed E-state index contributed by atoms with van der Waals surface area (Å²) >= 11 is 0. The van der Waals surface area contributed by atoms with E-state index in [0.717, 1.165) is 17.4 Å². The Kier molecular flexibility index (Phi) is 5.62. The Balaban J connectivity index is 2.07. The third-order valence-corrected chi connectivity index (χ3v) is 4.73. The van der Waals surface area contributed by atoms with Crippen LogP contribution >= 0.6 is 0 Å². The normalized spacial score (nSPS) is 11.1. The molecule has 1 amide bonds. The molecule has 0 aliphatic heterocycles. The zero-order chi connectivity index (χ0) is 17.7. The lowest BCUT2D eigenvalue weighted by molar-refractivity contribution is -0.116. The van der Waals surface area contributed by atoms with Gasteiger partial charge in [-0.25, -0.2) is 8.42 Å². The van der Waals surface area contributed by atoms with Crippen molar-refractivity contribution in [3.05, 3.63) is 59.7 Å². The number of benzene rings is 2. The lowest BCUT2D eigenvalue weighted by atomic mass is 10.2. The van der Waals surface area contributed by atoms with E-state index in [1.54, 1.807) is 24.3 Å². The number of hydrogen-bond acceptors (Lipinski definition) is 3. The van der Waals surface area contributed by atoms with Crippen LogP contribution in [0, 0.1) is 13.8 Å². The molecule has 24 heavy (non-hydrogen) atoms. The largest absolute Gasteiger partial charge is 0.326 e. The fourth-order valence-corrected chi connectivity index (χ4v) is 3.34. The molecule has 0 aromatic heterocycles. The minimum atomic E-state index is -3.46. The fourth-order valence-electron chi connectivity index (χ4n) is 2.42. The maximum Gasteiger partial charge on any atom is 0.232 e. The van der Waals surface area contributed by atoms with Crippen LogP contribution < -0.4 is 9.62 Å². The van der Waals surface area contributed by atoms with Crippen molar-refractivity contribution in [2.75, 3.05) is 22.4 Å². The summed E-state index contributed by atoms with van der Waals surface area (Å²) in [4.78, 5) is 12.1. The molecule has 128 valence electrons. The molecular weight excluding hydrogens is 324 g/mol. The monoisotopic (exact) mass is 346 g/mol. The smallest absolute Gasteiger partial charge is 0.232 e. The maximum absolute atomic E-state index is 12.1. The molecule has 0 saturated heterocycles. The van der Waals surface area contributed by atoms with E-state index >= 15 is 0 Å². The van der Waals surface area contributed by atoms with Gasteiger partial charge in [0.2, 0.25) is 15.9 Å². The van der Waals surface area contributed by atoms with E-state index in [-0.39, 0.29) is 18.9 Å². The van der Waals surface area contributed by atoms with Gasteiger partial charge >= 0.3 is 0 Å². The average Bonchev–Trinajstić information content (AvgIpc) is 2.46. The number of rotatable bonds is 6. The lowest BCUT2D eigenvalue weighted by Gasteiger charge is -2.22. The quantitative estimate of drug-likeness (QED) is 0.874. The van der Waals surface area contributed by atoms with Gasteiger partial charge < -0.3 is 5.32 Å². The summed E-state index contributed by atoms with van der Waals surface area (Å²) in [5.41, 5.74) is 3.29. The van der Waals surface area contributed by atoms with Gasteiger partial charge in [0.25, 0.3) is 0 Å². The Hall–Kier alpha value is -2.34. The second kappa shape index (κ2) is 7.49. The van der Waals surface area contributed by atoms with Crippen molar-refractivity contribution in [3.63, 3.8) is 0 Å². The zero-order valence-electron chi connectivity index (χ0n) is 14.1. The van der Waals surface area contributed by atoms with Crippen molar-refractivity contribution in [2.45, 2.75) is 20.3 Å². The van der Waals surface area contributed by atoms with Gasteiger partial charge in [0, 0.05) is 18.7 Å². The van der Waals surface area contributed by atoms with Gasteiger partial charge in [-0.1, -0.05) is 24.3 Å². The van der Waals surface area contributed by atoms with Gasteiger partial charge in [0.1, 0.15) is 0 Å². The average molecular weight is 346 g/mol. The summed E-state index contributed by atoms with van der Waals surface area (Å²) in [5, 5.41) is 2.79. The molecule has 6 heteroatoms. The molecule has 0 aliphatic rings. The van der Waals surface area contributed by atoms with E-state index in [1.165, 1.54) is 4.31 Å². The van der Waals surface area contributed by atoms with Crippen molar-refractivity contribution < 1.29 is 13.2 Å². The molecule has 0 aliphatic carbocycles. The van der Waals surface area contributed by atoms with Gasteiger partial charge in [-0.2, -0.15) is 0 Å². The molecular formula is C18H22N2O3S. The number of aryl methyl sites for hydroxylation is 2. The van der Waals surface area contributed by atoms with Crippen LogP contribution in [0.1, 0.15) is 17.5 Å². The Morgan fingerprint density at radius 1 is 1.04 bits per heavy atom. The van der Waals surface area contributed by atoms with E-state index < -0.39 is 10.0 Å². The Bertz CT molecular complexity index is 832. The molecule has 2 rings (SSSR count). The molecule has 0 saturated carbocycles. The minimum Gasteiger partial charge on any atom is -0.326 e. The summed E-state index contributed by atoms with van der Waals surface area (Å²) < 4.78 is 25.4. The SMILES string of the molecule is Cc1cccc(NC(=O)CCN(c2cccc(C)c2)S(C)(=O)=O)c1. The predicted molar refractivity (Wildman–Crippen MR) is 97.8 cm³/mol. The minimum absolute atomic E-state index is 0.0783. The molecule has 0 bridgehead atoms. The number of carbonyl (C=O) groups excluding carboxylic acids is 1. The second-order valence-corrected chi connectivity index (χ2v) is 7.75. The third-order valence-electron chi connectivity index (χ3n) is 3.53. The highest BCUT2D eigenvalue weighted by Gasteiger charge is 2.18. The van der Waals surface area contributed by atoms with Crippen molar-refractivity contribution in [1.29, 1.82) is 0 Å². The van der Waals surface area contributed by atoms with Crippen molar-refractivity contribution >= 4 is 27.3 Å². The number of nitrogens with one attached hydrogen (secondary N) is 1. The fraction of sp³-hybridized carbons (Fsp3) is 0.278. The Morgan fingerprint density at radius 3 is 2.25 bits per heavy atom. The zero-order valence-corrected chi connectivity index (χ0v) is 14.9. The molecule has 2 aromatic carbocycles. The van der Waals surface area contributed by atoms with Crippen LogP contribution in [0.2, 0.25) is 0 Å². The molecule has 0 fully saturated rings. The van der Waals surface area contributed by atoms with Crippen molar-refractivity contribution in [1.82, 2.24) is 0 Å². The molecule has 2 aromatic rings. The molecule has 1 N–H and O–H groups in total. The summed E-state index contributed by atoms with van der Waals surface area (Å²) in [5.74, 6) is -0.220. The van der Waals surface area contributed by atoms with Crippen LogP contribution in [0.25, 0.3) is 0 Å². The van der Waals surface area contributed by atoms with E-state index in [9.17, 15) is 13.2 Å². The number of amides is 1. The van der Waals surface area contributed by atoms with E-state index in [2.05, 4.69) is 5.32 Å². The van der Waals surface area contributed by atoms with Crippen LogP contribution in [0.15, 0.2) is 48.5 Å². The van der Waals surface area contributed by atoms with Gasteiger partial charge in [0.05, 0.1) is 11.9 Å². The van der Waals surface area contributed by atoms with Crippen LogP contribution in [0.3, 0.4) is 0 Å². The maximum atomic E-state index is 12.1. The van der Waals surface area contributed by atoms with Gasteiger partial charge in [-0.05, 0) is 49.2 Å². The number of carbonyl (C=O) groups is 1. The highest BCUT2D eigenvalue weighted by molar-refractivity contribution is 7.92. The van der Waals surface area contributed by atoms with E-state index in [1.807, 2.05) is 38.1 Å². The summed E-state index contributed by atoms with van der Waals surface area (Å²) in [6.45, 7) is 3.94. The van der Waals surface area contributed by atoms with Gasteiger partial charge in [0.15, 0.2) is 0 Å². The Labute approximate surface area is 143 Å². The summed E-state index contributed by atoms with van der Waals surface area (Å²) in [7, 11) is -3.46. The highest BCUT2D eigenvalue weighted by atomic mass is 32.2. The molecule has 0 radical (unpaired) electrons. The number of hydrogen-bond donors (Lipinski definition) is 1. The number of nitrogens with zero attached hydrogens (tertiary/aromatic N) is 1. The standard InChI is InChI=1S/C18H22N2O3S/c1-14-6-4-8-16(12-14)19-18(21)10-11-20(24(3,22)23)17-9-5-7-15(2)13-17/h4-9,12-13H,10-11H2,1-3H3,(H,19,21). The van der Waals surface area contributed by atoms with Crippen LogP contribution in [0.4, 0.5) is 11.4 Å². The number of sulfonamides is 1. The summed E-state index contributed by atoms with van der Waals surface area (Å²) in [6.07, 6.45) is 1.22. The molecule has 5 nitrogen and oxygen atoms in total. The lowest BCUT2D eigenvalue weighted by Crippen LogP contribution is -2.33.